The highest BCUT2D eigenvalue weighted by Crippen LogP contribution is 2.43. The lowest BCUT2D eigenvalue weighted by Gasteiger charge is -2.41. The van der Waals surface area contributed by atoms with E-state index in [2.05, 4.69) is 55.3 Å². The van der Waals surface area contributed by atoms with Gasteiger partial charge in [0.15, 0.2) is 0 Å². The Hall–Kier alpha value is -2.65. The van der Waals surface area contributed by atoms with Crippen LogP contribution in [0.25, 0.3) is 0 Å². The first-order valence-corrected chi connectivity index (χ1v) is 19.0. The van der Waals surface area contributed by atoms with Gasteiger partial charge in [-0.2, -0.15) is 0 Å². The van der Waals surface area contributed by atoms with E-state index in [4.69, 9.17) is 16.3 Å². The number of hydrogen-bond acceptors (Lipinski definition) is 4. The second-order valence-corrected chi connectivity index (χ2v) is 16.0. The standard InChI is InChI=1S/C33H47ClN2O2S.C4H5F2NO/c1-6-8-9-11-24-12-13-27(24)20-36-21-28(30-16-15-29(34)18-25(30)10-7-2)22-38-32-17-14-26(19-31(32)36)33(37)35-39(5)23(3)4;5-4(6)1-7(2-4)3-8/h14-19,23-24,27-28H,5-13,20-22H2,1-4H3,(H,35,37);3H,1-2H2. The van der Waals surface area contributed by atoms with E-state index in [9.17, 15) is 18.4 Å². The molecule has 0 aromatic heterocycles. The molecule has 4 atom stereocenters. The number of alkyl halides is 2. The van der Waals surface area contributed by atoms with Crippen molar-refractivity contribution in [3.05, 3.63) is 58.1 Å². The summed E-state index contributed by atoms with van der Waals surface area (Å²) in [6.45, 7) is 10.4. The van der Waals surface area contributed by atoms with Crippen LogP contribution >= 0.6 is 22.3 Å². The summed E-state index contributed by atoms with van der Waals surface area (Å²) in [5.41, 5.74) is 4.38. The molecule has 0 spiro atoms. The van der Waals surface area contributed by atoms with E-state index in [1.54, 1.807) is 0 Å². The largest absolute Gasteiger partial charge is 0.491 e. The van der Waals surface area contributed by atoms with E-state index >= 15 is 0 Å². The fraction of sp³-hybridized carbons (Fsp3) is 0.595. The van der Waals surface area contributed by atoms with Crippen molar-refractivity contribution in [2.24, 2.45) is 11.8 Å². The highest BCUT2D eigenvalue weighted by molar-refractivity contribution is 8.13. The molecule has 2 aliphatic heterocycles. The number of hydrogen-bond donors (Lipinski definition) is 1. The van der Waals surface area contributed by atoms with E-state index in [1.165, 1.54) is 49.7 Å². The number of unbranched alkanes of at least 4 members (excludes halogenated alkanes) is 2. The fourth-order valence-electron chi connectivity index (χ4n) is 6.57. The molecule has 6 nitrogen and oxygen atoms in total. The molecule has 2 aromatic rings. The third-order valence-electron chi connectivity index (χ3n) is 9.53. The Morgan fingerprint density at radius 3 is 2.47 bits per heavy atom. The van der Waals surface area contributed by atoms with E-state index in [0.717, 1.165) is 53.2 Å². The quantitative estimate of drug-likeness (QED) is 0.130. The number of rotatable bonds is 13. The molecular formula is C37H52ClF2N3O3S. The lowest BCUT2D eigenvalue weighted by atomic mass is 9.71. The molecule has 0 bridgehead atoms. The first-order valence-electron chi connectivity index (χ1n) is 17.2. The average Bonchev–Trinajstić information content (AvgIpc) is 3.19. The molecule has 3 aliphatic rings. The Labute approximate surface area is 287 Å². The number of halogens is 3. The third kappa shape index (κ3) is 10.2. The van der Waals surface area contributed by atoms with Gasteiger partial charge in [0.2, 0.25) is 6.41 Å². The maximum absolute atomic E-state index is 13.1. The first kappa shape index (κ1) is 37.2. The lowest BCUT2D eigenvalue weighted by Crippen LogP contribution is -2.55. The molecule has 4 unspecified atom stereocenters. The summed E-state index contributed by atoms with van der Waals surface area (Å²) in [4.78, 5) is 26.4. The van der Waals surface area contributed by atoms with Crippen molar-refractivity contribution in [3.63, 3.8) is 0 Å². The Balaban J connectivity index is 0.000000546. The summed E-state index contributed by atoms with van der Waals surface area (Å²) >= 11 is 6.41. The number of nitrogens with one attached hydrogen (secondary N) is 1. The van der Waals surface area contributed by atoms with Crippen molar-refractivity contribution in [2.75, 3.05) is 37.7 Å². The maximum atomic E-state index is 13.1. The summed E-state index contributed by atoms with van der Waals surface area (Å²) in [6, 6.07) is 12.3. The number of anilines is 1. The summed E-state index contributed by atoms with van der Waals surface area (Å²) in [5.74, 6) is 4.08. The number of likely N-dealkylation sites (tertiary alicyclic amines) is 1. The van der Waals surface area contributed by atoms with Gasteiger partial charge in [0.1, 0.15) is 5.75 Å². The predicted octanol–water partition coefficient (Wildman–Crippen LogP) is 8.73. The molecule has 5 rings (SSSR count). The van der Waals surface area contributed by atoms with Crippen molar-refractivity contribution in [1.82, 2.24) is 9.62 Å². The molecule has 2 aromatic carbocycles. The molecule has 2 heterocycles. The molecule has 1 saturated heterocycles. The van der Waals surface area contributed by atoms with Crippen LogP contribution in [0.2, 0.25) is 5.02 Å². The number of nitrogens with zero attached hydrogens (tertiary/aromatic N) is 2. The maximum Gasteiger partial charge on any atom is 0.282 e. The van der Waals surface area contributed by atoms with Crippen LogP contribution in [-0.4, -0.2) is 67.0 Å². The zero-order valence-corrected chi connectivity index (χ0v) is 30.0. The molecule has 1 N–H and O–H groups in total. The number of carbonyl (C=O) groups is 2. The topological polar surface area (TPSA) is 61.9 Å². The van der Waals surface area contributed by atoms with Gasteiger partial charge < -0.3 is 19.3 Å². The summed E-state index contributed by atoms with van der Waals surface area (Å²) < 4.78 is 33.1. The van der Waals surface area contributed by atoms with E-state index < -0.39 is 29.7 Å². The van der Waals surface area contributed by atoms with Crippen molar-refractivity contribution < 1.29 is 23.1 Å². The van der Waals surface area contributed by atoms with Crippen molar-refractivity contribution >= 4 is 46.1 Å². The molecule has 10 heteroatoms. The summed E-state index contributed by atoms with van der Waals surface area (Å²) in [7, 11) is -0.419. The molecule has 2 fully saturated rings. The monoisotopic (exact) mass is 691 g/mol. The van der Waals surface area contributed by atoms with Crippen LogP contribution in [0.3, 0.4) is 0 Å². The van der Waals surface area contributed by atoms with Gasteiger partial charge in [0.25, 0.3) is 11.8 Å². The zero-order valence-electron chi connectivity index (χ0n) is 28.4. The first-order chi connectivity index (χ1) is 22.4. The van der Waals surface area contributed by atoms with Gasteiger partial charge in [-0.25, -0.2) is 8.78 Å². The molecule has 260 valence electrons. The molecule has 1 saturated carbocycles. The molecule has 0 radical (unpaired) electrons. The van der Waals surface area contributed by atoms with Gasteiger partial charge in [0, 0.05) is 34.8 Å². The Bertz CT molecular complexity index is 1380. The smallest absolute Gasteiger partial charge is 0.282 e. The normalized spacial score (nSPS) is 22.0. The van der Waals surface area contributed by atoms with Crippen LogP contribution in [0.15, 0.2) is 36.4 Å². The van der Waals surface area contributed by atoms with Crippen LogP contribution in [-0.2, 0) is 11.2 Å². The van der Waals surface area contributed by atoms with Crippen LogP contribution in [0.4, 0.5) is 14.5 Å². The Morgan fingerprint density at radius 1 is 1.13 bits per heavy atom. The number of amides is 2. The highest BCUT2D eigenvalue weighted by atomic mass is 35.5. The van der Waals surface area contributed by atoms with Crippen molar-refractivity contribution in [3.8, 4) is 5.75 Å². The van der Waals surface area contributed by atoms with Gasteiger partial charge >= 0.3 is 0 Å². The molecule has 1 aliphatic carbocycles. The Kier molecular flexibility index (Phi) is 13.6. The van der Waals surface area contributed by atoms with Crippen LogP contribution < -0.4 is 14.4 Å². The summed E-state index contributed by atoms with van der Waals surface area (Å²) in [6.07, 6.45) is 10.4. The SMILES string of the molecule is C=S(NC(=O)c1ccc2c(c1)N(CC1CCC1CCCCC)CC(c1ccc(Cl)cc1CCC)CO2)C(C)C.O=CN1CC(F)(F)C1. The third-order valence-corrected chi connectivity index (χ3v) is 11.3. The zero-order chi connectivity index (χ0) is 34.1. The predicted molar refractivity (Wildman–Crippen MR) is 193 cm³/mol. The Morgan fingerprint density at radius 2 is 1.87 bits per heavy atom. The highest BCUT2D eigenvalue weighted by Gasteiger charge is 2.43. The van der Waals surface area contributed by atoms with E-state index in [-0.39, 0.29) is 11.8 Å². The van der Waals surface area contributed by atoms with Gasteiger partial charge in [-0.1, -0.05) is 94.0 Å². The van der Waals surface area contributed by atoms with Crippen LogP contribution in [0.1, 0.15) is 100 Å². The fourth-order valence-corrected chi connectivity index (χ4v) is 7.36. The minimum atomic E-state index is -2.61. The average molecular weight is 692 g/mol. The number of ether oxygens (including phenoxy) is 1. The van der Waals surface area contributed by atoms with Gasteiger partial charge in [-0.15, -0.1) is 0 Å². The number of carbonyl (C=O) groups excluding carboxylic acids is 2. The van der Waals surface area contributed by atoms with Crippen molar-refractivity contribution in [1.29, 1.82) is 0 Å². The number of benzene rings is 2. The second kappa shape index (κ2) is 17.1. The molecule has 2 amide bonds. The van der Waals surface area contributed by atoms with Crippen LogP contribution in [0.5, 0.6) is 5.75 Å². The van der Waals surface area contributed by atoms with E-state index in [1.807, 2.05) is 24.3 Å². The minimum absolute atomic E-state index is 0.0606. The number of fused-ring (bicyclic) bond motifs is 1. The van der Waals surface area contributed by atoms with Crippen molar-refractivity contribution in [2.45, 2.75) is 96.2 Å². The van der Waals surface area contributed by atoms with Gasteiger partial charge in [-0.3, -0.25) is 9.59 Å². The van der Waals surface area contributed by atoms with Gasteiger partial charge in [0.05, 0.1) is 25.4 Å². The number of aryl methyl sites for hydroxylation is 1. The van der Waals surface area contributed by atoms with E-state index in [0.29, 0.717) is 29.7 Å². The second-order valence-electron chi connectivity index (χ2n) is 13.6. The lowest BCUT2D eigenvalue weighted by molar-refractivity contribution is -0.153. The summed E-state index contributed by atoms with van der Waals surface area (Å²) in [5, 5.41) is 1.10. The molecule has 47 heavy (non-hydrogen) atoms. The molecular weight excluding hydrogens is 640 g/mol. The van der Waals surface area contributed by atoms with Crippen LogP contribution in [0, 0.1) is 11.8 Å². The van der Waals surface area contributed by atoms with Gasteiger partial charge in [-0.05, 0) is 72.6 Å². The minimum Gasteiger partial charge on any atom is -0.491 e.